The standard InChI is InChI=1S/C40H44N4O5/c1-3-41(20-8-22-43-38(47)31-16-14-26-12-13-27-15-17-32(39(43)48)36(31)34(26)27)18-5-6-19-42(4-2)21-9-23-44-37(46)30-11-7-10-28-24-29(45)25-33(35(28)30)40(44)49/h7,10-11,14-17,24-25,45H,3-6,8-9,12-13,18-23H2,1-2H3. The lowest BCUT2D eigenvalue weighted by atomic mass is 9.91. The molecule has 0 fully saturated rings. The maximum absolute atomic E-state index is 13.4. The molecular weight excluding hydrogens is 616 g/mol. The van der Waals surface area contributed by atoms with Crippen molar-refractivity contribution in [2.75, 3.05) is 52.4 Å². The van der Waals surface area contributed by atoms with E-state index in [0.29, 0.717) is 52.5 Å². The van der Waals surface area contributed by atoms with Crippen molar-refractivity contribution in [1.29, 1.82) is 0 Å². The molecule has 4 aromatic carbocycles. The summed E-state index contributed by atoms with van der Waals surface area (Å²) >= 11 is 0. The molecule has 0 unspecified atom stereocenters. The summed E-state index contributed by atoms with van der Waals surface area (Å²) in [4.78, 5) is 60.9. The maximum Gasteiger partial charge on any atom is 0.261 e. The average Bonchev–Trinajstić information content (AvgIpc) is 3.54. The zero-order chi connectivity index (χ0) is 34.2. The summed E-state index contributed by atoms with van der Waals surface area (Å²) in [6.07, 6.45) is 5.39. The third kappa shape index (κ3) is 5.99. The van der Waals surface area contributed by atoms with E-state index in [4.69, 9.17) is 0 Å². The van der Waals surface area contributed by atoms with Crippen molar-refractivity contribution in [3.05, 3.63) is 88.0 Å². The van der Waals surface area contributed by atoms with Gasteiger partial charge in [-0.25, -0.2) is 0 Å². The molecule has 0 bridgehead atoms. The number of aromatic hydroxyl groups is 1. The van der Waals surface area contributed by atoms with E-state index in [1.807, 2.05) is 12.1 Å². The van der Waals surface area contributed by atoms with Crippen LogP contribution in [0.25, 0.3) is 21.5 Å². The Morgan fingerprint density at radius 2 is 1.06 bits per heavy atom. The zero-order valence-electron chi connectivity index (χ0n) is 28.5. The maximum atomic E-state index is 13.4. The van der Waals surface area contributed by atoms with Gasteiger partial charge >= 0.3 is 0 Å². The molecule has 49 heavy (non-hydrogen) atoms. The first-order valence-corrected chi connectivity index (χ1v) is 17.8. The number of carbonyl (C=O) groups excluding carboxylic acids is 4. The monoisotopic (exact) mass is 660 g/mol. The first-order chi connectivity index (χ1) is 23.8. The molecule has 7 rings (SSSR count). The Labute approximate surface area is 287 Å². The van der Waals surface area contributed by atoms with Crippen LogP contribution in [0.3, 0.4) is 0 Å². The smallest absolute Gasteiger partial charge is 0.261 e. The van der Waals surface area contributed by atoms with Gasteiger partial charge in [0.1, 0.15) is 5.75 Å². The predicted molar refractivity (Wildman–Crippen MR) is 190 cm³/mol. The second-order valence-corrected chi connectivity index (χ2v) is 13.5. The van der Waals surface area contributed by atoms with Gasteiger partial charge in [0, 0.05) is 40.6 Å². The highest BCUT2D eigenvalue weighted by molar-refractivity contribution is 6.27. The van der Waals surface area contributed by atoms with Crippen molar-refractivity contribution >= 4 is 45.2 Å². The largest absolute Gasteiger partial charge is 0.508 e. The SMILES string of the molecule is CCN(CCCCN(CC)CCCN1C(=O)c2ccc3c4c(ccc(c24)C1=O)CC3)CCCN1C(=O)c2cccc3cc(O)cc(c23)C1=O. The van der Waals surface area contributed by atoms with Crippen molar-refractivity contribution in [2.24, 2.45) is 0 Å². The van der Waals surface area contributed by atoms with Crippen LogP contribution in [0.1, 0.15) is 92.1 Å². The Morgan fingerprint density at radius 1 is 0.571 bits per heavy atom. The number of rotatable bonds is 15. The summed E-state index contributed by atoms with van der Waals surface area (Å²) < 4.78 is 0. The molecule has 9 nitrogen and oxygen atoms in total. The van der Waals surface area contributed by atoms with Crippen molar-refractivity contribution in [3.8, 4) is 5.75 Å². The second-order valence-electron chi connectivity index (χ2n) is 13.5. The molecule has 3 aliphatic rings. The number of benzene rings is 4. The molecule has 2 aliphatic heterocycles. The number of unbranched alkanes of at least 4 members (excludes halogenated alkanes) is 1. The minimum atomic E-state index is -0.351. The van der Waals surface area contributed by atoms with Gasteiger partial charge in [-0.15, -0.1) is 0 Å². The Morgan fingerprint density at radius 3 is 1.59 bits per heavy atom. The summed E-state index contributed by atoms with van der Waals surface area (Å²) in [5.41, 5.74) is 4.67. The van der Waals surface area contributed by atoms with E-state index in [1.54, 1.807) is 24.3 Å². The molecule has 254 valence electrons. The number of phenols is 1. The number of amides is 4. The van der Waals surface area contributed by atoms with Crippen LogP contribution in [-0.4, -0.2) is 101 Å². The quantitative estimate of drug-likeness (QED) is 0.125. The molecule has 2 heterocycles. The first kappa shape index (κ1) is 32.9. The van der Waals surface area contributed by atoms with Gasteiger partial charge in [0.15, 0.2) is 0 Å². The van der Waals surface area contributed by atoms with Gasteiger partial charge in [-0.3, -0.25) is 29.0 Å². The fourth-order valence-electron chi connectivity index (χ4n) is 8.05. The lowest BCUT2D eigenvalue weighted by Gasteiger charge is -2.29. The molecule has 0 radical (unpaired) electrons. The van der Waals surface area contributed by atoms with Gasteiger partial charge < -0.3 is 14.9 Å². The van der Waals surface area contributed by atoms with Crippen LogP contribution >= 0.6 is 0 Å². The molecule has 1 aliphatic carbocycles. The number of hydrogen-bond acceptors (Lipinski definition) is 7. The topological polar surface area (TPSA) is 101 Å². The Hall–Kier alpha value is -4.60. The fraction of sp³-hybridized carbons (Fsp3) is 0.400. The van der Waals surface area contributed by atoms with Crippen LogP contribution in [0.5, 0.6) is 5.75 Å². The van der Waals surface area contributed by atoms with Crippen LogP contribution in [0.15, 0.2) is 54.6 Å². The van der Waals surface area contributed by atoms with Gasteiger partial charge in [-0.2, -0.15) is 0 Å². The van der Waals surface area contributed by atoms with Gasteiger partial charge in [0.05, 0.1) is 5.56 Å². The third-order valence-electron chi connectivity index (χ3n) is 10.7. The molecule has 0 atom stereocenters. The third-order valence-corrected chi connectivity index (χ3v) is 10.7. The van der Waals surface area contributed by atoms with Crippen LogP contribution in [0.2, 0.25) is 0 Å². The van der Waals surface area contributed by atoms with Gasteiger partial charge in [-0.1, -0.05) is 38.1 Å². The summed E-state index contributed by atoms with van der Waals surface area (Å²) in [7, 11) is 0. The lowest BCUT2D eigenvalue weighted by Crippen LogP contribution is -2.42. The van der Waals surface area contributed by atoms with E-state index < -0.39 is 0 Å². The van der Waals surface area contributed by atoms with E-state index in [0.717, 1.165) is 82.1 Å². The van der Waals surface area contributed by atoms with E-state index in [1.165, 1.54) is 27.0 Å². The molecule has 0 spiro atoms. The molecule has 1 N–H and O–H groups in total. The van der Waals surface area contributed by atoms with Gasteiger partial charge in [-0.05, 0) is 130 Å². The number of phenolic OH excluding ortho intramolecular Hbond substituents is 1. The Kier molecular flexibility index (Phi) is 9.22. The number of carbonyl (C=O) groups is 4. The summed E-state index contributed by atoms with van der Waals surface area (Å²) in [6.45, 7) is 10.3. The molecule has 4 aromatic rings. The molecule has 9 heteroatoms. The van der Waals surface area contributed by atoms with Crippen molar-refractivity contribution < 1.29 is 24.3 Å². The molecule has 4 amide bonds. The van der Waals surface area contributed by atoms with E-state index >= 15 is 0 Å². The van der Waals surface area contributed by atoms with E-state index in [9.17, 15) is 24.3 Å². The van der Waals surface area contributed by atoms with Crippen molar-refractivity contribution in [3.63, 3.8) is 0 Å². The van der Waals surface area contributed by atoms with E-state index in [2.05, 4.69) is 35.8 Å². The highest BCUT2D eigenvalue weighted by Crippen LogP contribution is 2.38. The number of imide groups is 2. The average molecular weight is 661 g/mol. The molecule has 0 aromatic heterocycles. The normalized spacial score (nSPS) is 15.3. The van der Waals surface area contributed by atoms with Gasteiger partial charge in [0.25, 0.3) is 23.6 Å². The van der Waals surface area contributed by atoms with Crippen molar-refractivity contribution in [2.45, 2.75) is 52.4 Å². The second kappa shape index (κ2) is 13.7. The molecule has 0 saturated carbocycles. The molecule has 0 saturated heterocycles. The number of aryl methyl sites for hydroxylation is 2. The highest BCUT2D eigenvalue weighted by Gasteiger charge is 2.35. The van der Waals surface area contributed by atoms with Crippen LogP contribution in [-0.2, 0) is 12.8 Å². The van der Waals surface area contributed by atoms with Gasteiger partial charge in [0.2, 0.25) is 0 Å². The first-order valence-electron chi connectivity index (χ1n) is 17.8. The summed E-state index contributed by atoms with van der Waals surface area (Å²) in [5, 5.41) is 13.4. The predicted octanol–water partition coefficient (Wildman–Crippen LogP) is 5.89. The summed E-state index contributed by atoms with van der Waals surface area (Å²) in [6, 6.07) is 16.3. The van der Waals surface area contributed by atoms with Crippen LogP contribution < -0.4 is 0 Å². The Balaban J connectivity index is 0.856. The Bertz CT molecular complexity index is 1930. The van der Waals surface area contributed by atoms with Crippen molar-refractivity contribution in [1.82, 2.24) is 19.6 Å². The highest BCUT2D eigenvalue weighted by atomic mass is 16.3. The van der Waals surface area contributed by atoms with E-state index in [-0.39, 0.29) is 29.4 Å². The minimum Gasteiger partial charge on any atom is -0.508 e. The number of nitrogens with zero attached hydrogens (tertiary/aromatic N) is 4. The fourth-order valence-corrected chi connectivity index (χ4v) is 8.05. The summed E-state index contributed by atoms with van der Waals surface area (Å²) in [5.74, 6) is -0.960. The zero-order valence-corrected chi connectivity index (χ0v) is 28.5. The van der Waals surface area contributed by atoms with Crippen LogP contribution in [0, 0.1) is 0 Å². The van der Waals surface area contributed by atoms with Crippen LogP contribution in [0.4, 0.5) is 0 Å². The molecular formula is C40H44N4O5. The lowest BCUT2D eigenvalue weighted by molar-refractivity contribution is 0.0587. The minimum absolute atomic E-state index is 0.0181. The number of hydrogen-bond donors (Lipinski definition) is 1.